The molecule has 1 amide bonds. The Balaban J connectivity index is 2.78. The van der Waals surface area contributed by atoms with Gasteiger partial charge in [0.05, 0.1) is 5.56 Å². The molecular formula is C11H16BrN3O2. The van der Waals surface area contributed by atoms with Crippen LogP contribution in [0.4, 0.5) is 5.82 Å². The molecule has 17 heavy (non-hydrogen) atoms. The Hall–Kier alpha value is -1.14. The number of nitrogen functional groups attached to an aromatic ring is 1. The molecule has 0 fully saturated rings. The van der Waals surface area contributed by atoms with Crippen molar-refractivity contribution < 1.29 is 9.90 Å². The number of amides is 1. The quantitative estimate of drug-likeness (QED) is 0.765. The zero-order valence-electron chi connectivity index (χ0n) is 9.61. The van der Waals surface area contributed by atoms with Crippen LogP contribution >= 0.6 is 15.9 Å². The lowest BCUT2D eigenvalue weighted by Crippen LogP contribution is -2.35. The molecule has 0 aliphatic heterocycles. The summed E-state index contributed by atoms with van der Waals surface area (Å²) in [4.78, 5) is 15.8. The third kappa shape index (κ3) is 3.98. The summed E-state index contributed by atoms with van der Waals surface area (Å²) in [5, 5.41) is 11.7. The second-order valence-corrected chi connectivity index (χ2v) is 4.53. The molecule has 1 aromatic heterocycles. The minimum Gasteiger partial charge on any atom is -0.396 e. The predicted octanol–water partition coefficient (Wildman–Crippen LogP) is 1.32. The Morgan fingerprint density at radius 1 is 1.71 bits per heavy atom. The number of hydrogen-bond donors (Lipinski definition) is 3. The van der Waals surface area contributed by atoms with Gasteiger partial charge in [-0.2, -0.15) is 0 Å². The summed E-state index contributed by atoms with van der Waals surface area (Å²) < 4.78 is 0.600. The van der Waals surface area contributed by atoms with Crippen LogP contribution in [0.25, 0.3) is 0 Å². The fourth-order valence-corrected chi connectivity index (χ4v) is 1.82. The number of rotatable bonds is 5. The van der Waals surface area contributed by atoms with E-state index in [1.165, 1.54) is 12.3 Å². The zero-order valence-corrected chi connectivity index (χ0v) is 11.2. The molecule has 0 aliphatic carbocycles. The standard InChI is InChI=1S/C11H16BrN3O2/c1-2-7(3-4-16)15-11(17)8-5-10(13)14-6-9(8)12/h5-7,16H,2-4H2,1H3,(H2,13,14)(H,15,17). The van der Waals surface area contributed by atoms with Crippen LogP contribution in [0.1, 0.15) is 30.1 Å². The van der Waals surface area contributed by atoms with Crippen molar-refractivity contribution in [1.29, 1.82) is 0 Å². The number of nitrogens with one attached hydrogen (secondary N) is 1. The maximum atomic E-state index is 12.0. The summed E-state index contributed by atoms with van der Waals surface area (Å²) in [7, 11) is 0. The van der Waals surface area contributed by atoms with E-state index in [0.29, 0.717) is 22.3 Å². The first kappa shape index (κ1) is 13.9. The van der Waals surface area contributed by atoms with Crippen molar-refractivity contribution in [3.8, 4) is 0 Å². The Labute approximate surface area is 109 Å². The highest BCUT2D eigenvalue weighted by Crippen LogP contribution is 2.17. The molecule has 0 saturated heterocycles. The lowest BCUT2D eigenvalue weighted by molar-refractivity contribution is 0.0928. The first-order valence-electron chi connectivity index (χ1n) is 5.41. The molecule has 6 heteroatoms. The van der Waals surface area contributed by atoms with Gasteiger partial charge in [-0.3, -0.25) is 4.79 Å². The maximum absolute atomic E-state index is 12.0. The first-order chi connectivity index (χ1) is 8.08. The van der Waals surface area contributed by atoms with Gasteiger partial charge < -0.3 is 16.2 Å². The van der Waals surface area contributed by atoms with Gasteiger partial charge in [0.1, 0.15) is 5.82 Å². The minimum atomic E-state index is -0.216. The lowest BCUT2D eigenvalue weighted by atomic mass is 10.1. The number of nitrogens with two attached hydrogens (primary N) is 1. The third-order valence-electron chi connectivity index (χ3n) is 2.43. The second kappa shape index (κ2) is 6.56. The summed E-state index contributed by atoms with van der Waals surface area (Å²) in [6.07, 6.45) is 2.81. The average Bonchev–Trinajstić information content (AvgIpc) is 2.31. The molecule has 0 aliphatic rings. The molecule has 1 heterocycles. The summed E-state index contributed by atoms with van der Waals surface area (Å²) >= 11 is 3.25. The molecular weight excluding hydrogens is 286 g/mol. The topological polar surface area (TPSA) is 88.2 Å². The van der Waals surface area contributed by atoms with Gasteiger partial charge >= 0.3 is 0 Å². The Kier molecular flexibility index (Phi) is 5.37. The van der Waals surface area contributed by atoms with Crippen molar-refractivity contribution in [1.82, 2.24) is 10.3 Å². The van der Waals surface area contributed by atoms with Crippen LogP contribution in [0.15, 0.2) is 16.7 Å². The van der Waals surface area contributed by atoms with Crippen molar-refractivity contribution in [3.05, 3.63) is 22.3 Å². The molecule has 94 valence electrons. The lowest BCUT2D eigenvalue weighted by Gasteiger charge is -2.16. The molecule has 5 nitrogen and oxygen atoms in total. The SMILES string of the molecule is CCC(CCO)NC(=O)c1cc(N)ncc1Br. The summed E-state index contributed by atoms with van der Waals surface area (Å²) in [6, 6.07) is 1.49. The van der Waals surface area contributed by atoms with Gasteiger partial charge in [0.15, 0.2) is 0 Å². The van der Waals surface area contributed by atoms with E-state index in [1.807, 2.05) is 6.92 Å². The first-order valence-corrected chi connectivity index (χ1v) is 6.20. The van der Waals surface area contributed by atoms with Crippen molar-refractivity contribution >= 4 is 27.7 Å². The average molecular weight is 302 g/mol. The van der Waals surface area contributed by atoms with Crippen LogP contribution in [-0.2, 0) is 0 Å². The fourth-order valence-electron chi connectivity index (χ4n) is 1.43. The van der Waals surface area contributed by atoms with Gasteiger partial charge in [0.2, 0.25) is 0 Å². The van der Waals surface area contributed by atoms with Crippen LogP contribution < -0.4 is 11.1 Å². The molecule has 1 unspecified atom stereocenters. The summed E-state index contributed by atoms with van der Waals surface area (Å²) in [5.41, 5.74) is 5.99. The Morgan fingerprint density at radius 2 is 2.41 bits per heavy atom. The van der Waals surface area contributed by atoms with Crippen molar-refractivity contribution in [2.45, 2.75) is 25.8 Å². The number of nitrogens with zero attached hydrogens (tertiary/aromatic N) is 1. The molecule has 0 saturated carbocycles. The van der Waals surface area contributed by atoms with Crippen LogP contribution in [0, 0.1) is 0 Å². The molecule has 4 N–H and O–H groups in total. The van der Waals surface area contributed by atoms with E-state index in [-0.39, 0.29) is 18.6 Å². The van der Waals surface area contributed by atoms with Gasteiger partial charge in [0, 0.05) is 23.3 Å². The van der Waals surface area contributed by atoms with Crippen LogP contribution in [0.2, 0.25) is 0 Å². The molecule has 1 rings (SSSR count). The number of pyridine rings is 1. The number of halogens is 1. The number of aliphatic hydroxyl groups is 1. The second-order valence-electron chi connectivity index (χ2n) is 3.68. The third-order valence-corrected chi connectivity index (χ3v) is 3.06. The van der Waals surface area contributed by atoms with Gasteiger partial charge in [0.25, 0.3) is 5.91 Å². The molecule has 0 radical (unpaired) electrons. The Morgan fingerprint density at radius 3 is 3.00 bits per heavy atom. The van der Waals surface area contributed by atoms with Crippen LogP contribution in [0.3, 0.4) is 0 Å². The highest BCUT2D eigenvalue weighted by Gasteiger charge is 2.14. The largest absolute Gasteiger partial charge is 0.396 e. The maximum Gasteiger partial charge on any atom is 0.252 e. The number of carbonyl (C=O) groups is 1. The fraction of sp³-hybridized carbons (Fsp3) is 0.455. The number of aromatic nitrogens is 1. The highest BCUT2D eigenvalue weighted by atomic mass is 79.9. The normalized spacial score (nSPS) is 12.2. The molecule has 0 spiro atoms. The number of carbonyl (C=O) groups excluding carboxylic acids is 1. The van der Waals surface area contributed by atoms with Crippen molar-refractivity contribution in [3.63, 3.8) is 0 Å². The van der Waals surface area contributed by atoms with E-state index < -0.39 is 0 Å². The van der Waals surface area contributed by atoms with E-state index in [4.69, 9.17) is 10.8 Å². The van der Waals surface area contributed by atoms with E-state index in [0.717, 1.165) is 6.42 Å². The highest BCUT2D eigenvalue weighted by molar-refractivity contribution is 9.10. The van der Waals surface area contributed by atoms with Crippen molar-refractivity contribution in [2.24, 2.45) is 0 Å². The summed E-state index contributed by atoms with van der Waals surface area (Å²) in [5.74, 6) is 0.0832. The Bertz CT molecular complexity index is 398. The van der Waals surface area contributed by atoms with Gasteiger partial charge in [-0.25, -0.2) is 4.98 Å². The zero-order chi connectivity index (χ0) is 12.8. The number of hydrogen-bond acceptors (Lipinski definition) is 4. The number of anilines is 1. The summed E-state index contributed by atoms with van der Waals surface area (Å²) in [6.45, 7) is 2.01. The molecule has 1 aromatic rings. The van der Waals surface area contributed by atoms with E-state index in [2.05, 4.69) is 26.2 Å². The molecule has 0 bridgehead atoms. The number of aliphatic hydroxyl groups excluding tert-OH is 1. The van der Waals surface area contributed by atoms with E-state index in [9.17, 15) is 4.79 Å². The van der Waals surface area contributed by atoms with Gasteiger partial charge in [-0.05, 0) is 34.8 Å². The minimum absolute atomic E-state index is 0.0335. The predicted molar refractivity (Wildman–Crippen MR) is 69.6 cm³/mol. The van der Waals surface area contributed by atoms with Crippen LogP contribution in [-0.4, -0.2) is 28.6 Å². The van der Waals surface area contributed by atoms with E-state index >= 15 is 0 Å². The van der Waals surface area contributed by atoms with Crippen molar-refractivity contribution in [2.75, 3.05) is 12.3 Å². The smallest absolute Gasteiger partial charge is 0.252 e. The van der Waals surface area contributed by atoms with E-state index in [1.54, 1.807) is 0 Å². The van der Waals surface area contributed by atoms with Crippen LogP contribution in [0.5, 0.6) is 0 Å². The molecule has 0 aromatic carbocycles. The van der Waals surface area contributed by atoms with Gasteiger partial charge in [-0.15, -0.1) is 0 Å². The molecule has 1 atom stereocenters. The van der Waals surface area contributed by atoms with Gasteiger partial charge in [-0.1, -0.05) is 6.92 Å². The monoisotopic (exact) mass is 301 g/mol.